The molecule has 0 saturated carbocycles. The first kappa shape index (κ1) is 12.5. The Balaban J connectivity index is 2.34. The van der Waals surface area contributed by atoms with Gasteiger partial charge in [-0.1, -0.05) is 19.1 Å². The molecule has 1 atom stereocenters. The monoisotopic (exact) mass is 222 g/mol. The lowest BCUT2D eigenvalue weighted by Crippen LogP contribution is -2.30. The van der Waals surface area contributed by atoms with E-state index in [-0.39, 0.29) is 11.8 Å². The highest BCUT2D eigenvalue weighted by atomic mass is 16.5. The lowest BCUT2D eigenvalue weighted by Gasteiger charge is -2.09. The topological polar surface area (TPSA) is 64.3 Å². The van der Waals surface area contributed by atoms with Crippen molar-refractivity contribution in [3.63, 3.8) is 0 Å². The van der Waals surface area contributed by atoms with E-state index < -0.39 is 0 Å². The molecule has 0 aliphatic rings. The molecule has 0 aromatic heterocycles. The van der Waals surface area contributed by atoms with Crippen molar-refractivity contribution >= 4 is 5.91 Å². The van der Waals surface area contributed by atoms with E-state index in [9.17, 15) is 4.79 Å². The van der Waals surface area contributed by atoms with Crippen LogP contribution in [0.25, 0.3) is 0 Å². The zero-order valence-electron chi connectivity index (χ0n) is 9.69. The Kier molecular flexibility index (Phi) is 4.79. The van der Waals surface area contributed by atoms with Gasteiger partial charge in [0.1, 0.15) is 5.75 Å². The summed E-state index contributed by atoms with van der Waals surface area (Å²) in [6, 6.07) is 7.80. The second-order valence-electron chi connectivity index (χ2n) is 3.78. The fourth-order valence-electron chi connectivity index (χ4n) is 1.28. The van der Waals surface area contributed by atoms with E-state index in [0.717, 1.165) is 17.9 Å². The molecule has 0 heterocycles. The van der Waals surface area contributed by atoms with E-state index in [2.05, 4.69) is 5.32 Å². The van der Waals surface area contributed by atoms with Crippen LogP contribution >= 0.6 is 0 Å². The number of primary amides is 1. The van der Waals surface area contributed by atoms with Crippen LogP contribution in [0.15, 0.2) is 24.3 Å². The number of methoxy groups -OCH3 is 1. The molecular weight excluding hydrogens is 204 g/mol. The molecular formula is C12H18N2O2. The molecule has 0 aliphatic heterocycles. The molecule has 1 aromatic carbocycles. The zero-order chi connectivity index (χ0) is 12.0. The molecule has 0 fully saturated rings. The van der Waals surface area contributed by atoms with Crippen molar-refractivity contribution in [1.82, 2.24) is 5.32 Å². The predicted molar refractivity (Wildman–Crippen MR) is 63.1 cm³/mol. The fourth-order valence-corrected chi connectivity index (χ4v) is 1.28. The Morgan fingerprint density at radius 3 is 2.56 bits per heavy atom. The summed E-state index contributed by atoms with van der Waals surface area (Å²) in [5.41, 5.74) is 6.31. The van der Waals surface area contributed by atoms with Gasteiger partial charge in [-0.25, -0.2) is 0 Å². The van der Waals surface area contributed by atoms with Gasteiger partial charge >= 0.3 is 0 Å². The SMILES string of the molecule is COc1ccc(CNCC(C)C(N)=O)cc1. The predicted octanol–water partition coefficient (Wildman–Crippen LogP) is 0.906. The van der Waals surface area contributed by atoms with Gasteiger partial charge in [-0.15, -0.1) is 0 Å². The van der Waals surface area contributed by atoms with Crippen LogP contribution in [0, 0.1) is 5.92 Å². The van der Waals surface area contributed by atoms with E-state index in [1.807, 2.05) is 31.2 Å². The van der Waals surface area contributed by atoms with E-state index in [0.29, 0.717) is 6.54 Å². The fraction of sp³-hybridized carbons (Fsp3) is 0.417. The van der Waals surface area contributed by atoms with Crippen LogP contribution in [0.2, 0.25) is 0 Å². The van der Waals surface area contributed by atoms with E-state index in [1.54, 1.807) is 7.11 Å². The minimum absolute atomic E-state index is 0.141. The van der Waals surface area contributed by atoms with Crippen molar-refractivity contribution < 1.29 is 9.53 Å². The third kappa shape index (κ3) is 3.90. The van der Waals surface area contributed by atoms with Gasteiger partial charge in [0, 0.05) is 19.0 Å². The van der Waals surface area contributed by atoms with Crippen molar-refractivity contribution in [2.45, 2.75) is 13.5 Å². The smallest absolute Gasteiger partial charge is 0.221 e. The second-order valence-corrected chi connectivity index (χ2v) is 3.78. The number of hydrogen-bond acceptors (Lipinski definition) is 3. The maximum Gasteiger partial charge on any atom is 0.221 e. The van der Waals surface area contributed by atoms with Crippen LogP contribution in [-0.4, -0.2) is 19.6 Å². The highest BCUT2D eigenvalue weighted by Gasteiger charge is 2.06. The highest BCUT2D eigenvalue weighted by molar-refractivity contribution is 5.76. The highest BCUT2D eigenvalue weighted by Crippen LogP contribution is 2.10. The van der Waals surface area contributed by atoms with Crippen LogP contribution in [0.3, 0.4) is 0 Å². The standard InChI is InChI=1S/C12H18N2O2/c1-9(12(13)15)7-14-8-10-3-5-11(16-2)6-4-10/h3-6,9,14H,7-8H2,1-2H3,(H2,13,15). The summed E-state index contributed by atoms with van der Waals surface area (Å²) in [7, 11) is 1.64. The van der Waals surface area contributed by atoms with Crippen molar-refractivity contribution in [2.75, 3.05) is 13.7 Å². The van der Waals surface area contributed by atoms with Crippen molar-refractivity contribution in [1.29, 1.82) is 0 Å². The number of carbonyl (C=O) groups is 1. The van der Waals surface area contributed by atoms with Gasteiger partial charge in [0.25, 0.3) is 0 Å². The third-order valence-corrected chi connectivity index (χ3v) is 2.42. The molecule has 0 spiro atoms. The first-order chi connectivity index (χ1) is 7.63. The van der Waals surface area contributed by atoms with Crippen LogP contribution in [0.4, 0.5) is 0 Å². The molecule has 1 amide bonds. The number of benzene rings is 1. The van der Waals surface area contributed by atoms with Gasteiger partial charge in [0.15, 0.2) is 0 Å². The molecule has 16 heavy (non-hydrogen) atoms. The Bertz CT molecular complexity index is 335. The minimum Gasteiger partial charge on any atom is -0.497 e. The molecule has 4 nitrogen and oxygen atoms in total. The molecule has 0 radical (unpaired) electrons. The summed E-state index contributed by atoms with van der Waals surface area (Å²) >= 11 is 0. The Morgan fingerprint density at radius 1 is 1.44 bits per heavy atom. The van der Waals surface area contributed by atoms with Gasteiger partial charge in [-0.3, -0.25) is 4.79 Å². The Hall–Kier alpha value is -1.55. The third-order valence-electron chi connectivity index (χ3n) is 2.42. The first-order valence-corrected chi connectivity index (χ1v) is 5.26. The summed E-state index contributed by atoms with van der Waals surface area (Å²) in [6.45, 7) is 3.13. The quantitative estimate of drug-likeness (QED) is 0.751. The lowest BCUT2D eigenvalue weighted by atomic mass is 10.1. The van der Waals surface area contributed by atoms with Gasteiger partial charge < -0.3 is 15.8 Å². The molecule has 4 heteroatoms. The second kappa shape index (κ2) is 6.12. The molecule has 1 aromatic rings. The zero-order valence-corrected chi connectivity index (χ0v) is 9.69. The van der Waals surface area contributed by atoms with Gasteiger partial charge in [0.2, 0.25) is 5.91 Å². The number of nitrogens with one attached hydrogen (secondary N) is 1. The number of hydrogen-bond donors (Lipinski definition) is 2. The molecule has 0 saturated heterocycles. The minimum atomic E-state index is -0.276. The Morgan fingerprint density at radius 2 is 2.06 bits per heavy atom. The van der Waals surface area contributed by atoms with Crippen molar-refractivity contribution in [2.24, 2.45) is 11.7 Å². The summed E-state index contributed by atoms with van der Waals surface area (Å²) in [6.07, 6.45) is 0. The molecule has 1 rings (SSSR count). The van der Waals surface area contributed by atoms with Crippen molar-refractivity contribution in [3.05, 3.63) is 29.8 Å². The van der Waals surface area contributed by atoms with E-state index in [1.165, 1.54) is 0 Å². The molecule has 88 valence electrons. The number of carbonyl (C=O) groups excluding carboxylic acids is 1. The number of nitrogens with two attached hydrogens (primary N) is 1. The lowest BCUT2D eigenvalue weighted by molar-refractivity contribution is -0.121. The van der Waals surface area contributed by atoms with Crippen LogP contribution in [0.5, 0.6) is 5.75 Å². The average molecular weight is 222 g/mol. The van der Waals surface area contributed by atoms with E-state index >= 15 is 0 Å². The van der Waals surface area contributed by atoms with Crippen molar-refractivity contribution in [3.8, 4) is 5.75 Å². The number of rotatable bonds is 6. The molecule has 0 aliphatic carbocycles. The summed E-state index contributed by atoms with van der Waals surface area (Å²) in [4.78, 5) is 10.8. The van der Waals surface area contributed by atoms with Gasteiger partial charge in [0.05, 0.1) is 7.11 Å². The maximum absolute atomic E-state index is 10.8. The normalized spacial score (nSPS) is 12.1. The molecule has 0 bridgehead atoms. The number of ether oxygens (including phenoxy) is 1. The van der Waals surface area contributed by atoms with E-state index in [4.69, 9.17) is 10.5 Å². The summed E-state index contributed by atoms with van der Waals surface area (Å²) < 4.78 is 5.06. The summed E-state index contributed by atoms with van der Waals surface area (Å²) in [5.74, 6) is 0.426. The summed E-state index contributed by atoms with van der Waals surface area (Å²) in [5, 5.41) is 3.18. The Labute approximate surface area is 95.8 Å². The number of amides is 1. The molecule has 3 N–H and O–H groups in total. The van der Waals surface area contributed by atoms with Crippen LogP contribution < -0.4 is 15.8 Å². The van der Waals surface area contributed by atoms with Crippen LogP contribution in [-0.2, 0) is 11.3 Å². The first-order valence-electron chi connectivity index (χ1n) is 5.26. The molecule has 1 unspecified atom stereocenters. The maximum atomic E-state index is 10.8. The average Bonchev–Trinajstić information content (AvgIpc) is 2.29. The largest absolute Gasteiger partial charge is 0.497 e. The van der Waals surface area contributed by atoms with Gasteiger partial charge in [-0.2, -0.15) is 0 Å². The van der Waals surface area contributed by atoms with Gasteiger partial charge in [-0.05, 0) is 17.7 Å². The van der Waals surface area contributed by atoms with Crippen LogP contribution in [0.1, 0.15) is 12.5 Å².